The highest BCUT2D eigenvalue weighted by Crippen LogP contribution is 2.35. The fourth-order valence-electron chi connectivity index (χ4n) is 3.41. The lowest BCUT2D eigenvalue weighted by molar-refractivity contribution is 0.619. The number of benzene rings is 2. The zero-order chi connectivity index (χ0) is 21.3. The first-order valence-electron chi connectivity index (χ1n) is 9.75. The quantitative estimate of drug-likeness (QED) is 0.515. The summed E-state index contributed by atoms with van der Waals surface area (Å²) in [6.07, 6.45) is 0. The van der Waals surface area contributed by atoms with Crippen molar-refractivity contribution in [3.05, 3.63) is 81.9 Å². The average Bonchev–Trinajstić information content (AvgIpc) is 3.15. The highest BCUT2D eigenvalue weighted by molar-refractivity contribution is 5.87. The van der Waals surface area contributed by atoms with Crippen LogP contribution >= 0.6 is 0 Å². The Balaban J connectivity index is 1.93. The topological polar surface area (TPSA) is 75.6 Å². The summed E-state index contributed by atoms with van der Waals surface area (Å²) in [6, 6.07) is 15.7. The van der Waals surface area contributed by atoms with Crippen LogP contribution in [0, 0.1) is 19.7 Å². The fourth-order valence-corrected chi connectivity index (χ4v) is 3.41. The molecule has 7 heteroatoms. The van der Waals surface area contributed by atoms with Crippen LogP contribution in [-0.2, 0) is 0 Å². The number of hydrogen-bond donors (Lipinski definition) is 2. The summed E-state index contributed by atoms with van der Waals surface area (Å²) >= 11 is 0. The van der Waals surface area contributed by atoms with E-state index in [1.54, 1.807) is 25.1 Å². The van der Waals surface area contributed by atoms with E-state index in [1.165, 1.54) is 16.8 Å². The number of anilines is 1. The Labute approximate surface area is 173 Å². The summed E-state index contributed by atoms with van der Waals surface area (Å²) in [6.45, 7) is 6.29. The van der Waals surface area contributed by atoms with Crippen molar-refractivity contribution in [3.8, 4) is 28.2 Å². The SMILES string of the molecule is CCNc1n[nH]c(-c2ccc(F)c(C)c2)c1-c1ccc(=O)n(-c2ccccc2C)n1. The van der Waals surface area contributed by atoms with Crippen LogP contribution in [0.2, 0.25) is 0 Å². The zero-order valence-corrected chi connectivity index (χ0v) is 17.0. The van der Waals surface area contributed by atoms with Crippen LogP contribution in [0.4, 0.5) is 10.2 Å². The number of rotatable bonds is 5. The van der Waals surface area contributed by atoms with Crippen LogP contribution in [0.1, 0.15) is 18.1 Å². The van der Waals surface area contributed by atoms with Gasteiger partial charge in [-0.3, -0.25) is 9.89 Å². The van der Waals surface area contributed by atoms with E-state index >= 15 is 0 Å². The molecule has 4 rings (SSSR count). The molecule has 6 nitrogen and oxygen atoms in total. The maximum Gasteiger partial charge on any atom is 0.271 e. The Kier molecular flexibility index (Phi) is 5.18. The van der Waals surface area contributed by atoms with Crippen molar-refractivity contribution >= 4 is 5.82 Å². The molecule has 0 radical (unpaired) electrons. The van der Waals surface area contributed by atoms with E-state index in [4.69, 9.17) is 0 Å². The molecular weight excluding hydrogens is 381 g/mol. The van der Waals surface area contributed by atoms with Gasteiger partial charge in [-0.2, -0.15) is 14.9 Å². The summed E-state index contributed by atoms with van der Waals surface area (Å²) in [5.74, 6) is 0.356. The molecule has 2 aromatic heterocycles. The minimum Gasteiger partial charge on any atom is -0.368 e. The maximum atomic E-state index is 13.8. The molecule has 0 aliphatic rings. The second-order valence-electron chi connectivity index (χ2n) is 7.07. The molecule has 4 aromatic rings. The number of para-hydroxylation sites is 1. The van der Waals surface area contributed by atoms with Crippen molar-refractivity contribution in [2.75, 3.05) is 11.9 Å². The summed E-state index contributed by atoms with van der Waals surface area (Å²) in [5, 5.41) is 15.3. The third kappa shape index (κ3) is 3.50. The first-order chi connectivity index (χ1) is 14.5. The van der Waals surface area contributed by atoms with Gasteiger partial charge in [-0.25, -0.2) is 4.39 Å². The van der Waals surface area contributed by atoms with Crippen LogP contribution in [0.15, 0.2) is 59.4 Å². The zero-order valence-electron chi connectivity index (χ0n) is 17.0. The number of hydrogen-bond acceptors (Lipinski definition) is 4. The first kappa shape index (κ1) is 19.6. The molecule has 0 saturated carbocycles. The van der Waals surface area contributed by atoms with Gasteiger partial charge in [0.05, 0.1) is 22.6 Å². The van der Waals surface area contributed by atoms with E-state index in [2.05, 4.69) is 20.6 Å². The van der Waals surface area contributed by atoms with Gasteiger partial charge in [0.1, 0.15) is 5.82 Å². The Morgan fingerprint density at radius 2 is 1.87 bits per heavy atom. The second-order valence-corrected chi connectivity index (χ2v) is 7.07. The predicted molar refractivity (Wildman–Crippen MR) is 116 cm³/mol. The number of halogens is 1. The van der Waals surface area contributed by atoms with Crippen molar-refractivity contribution < 1.29 is 4.39 Å². The van der Waals surface area contributed by atoms with E-state index in [1.807, 2.05) is 38.1 Å². The Morgan fingerprint density at radius 3 is 2.60 bits per heavy atom. The van der Waals surface area contributed by atoms with E-state index in [0.29, 0.717) is 29.3 Å². The lowest BCUT2D eigenvalue weighted by atomic mass is 10.0. The van der Waals surface area contributed by atoms with E-state index < -0.39 is 0 Å². The fraction of sp³-hybridized carbons (Fsp3) is 0.174. The standard InChI is InChI=1S/C23H22FN5O/c1-4-25-23-21(22(26-27-23)16-9-10-17(24)15(3)13-16)18-11-12-20(30)29(28-18)19-8-6-5-7-14(19)2/h5-13H,4H2,1-3H3,(H2,25,26,27). The molecule has 30 heavy (non-hydrogen) atoms. The lowest BCUT2D eigenvalue weighted by Crippen LogP contribution is -2.21. The predicted octanol–water partition coefficient (Wildman–Crippen LogP) is 4.48. The number of aryl methyl sites for hydroxylation is 2. The molecule has 0 unspecified atom stereocenters. The molecule has 0 aliphatic carbocycles. The third-order valence-corrected chi connectivity index (χ3v) is 4.96. The van der Waals surface area contributed by atoms with Crippen molar-refractivity contribution in [1.82, 2.24) is 20.0 Å². The molecule has 0 atom stereocenters. The summed E-state index contributed by atoms with van der Waals surface area (Å²) < 4.78 is 15.2. The molecule has 0 bridgehead atoms. The van der Waals surface area contributed by atoms with Gasteiger partial charge in [0.2, 0.25) is 0 Å². The molecule has 2 N–H and O–H groups in total. The van der Waals surface area contributed by atoms with Gasteiger partial charge in [0.15, 0.2) is 5.82 Å². The van der Waals surface area contributed by atoms with Crippen molar-refractivity contribution in [1.29, 1.82) is 0 Å². The second kappa shape index (κ2) is 7.94. The third-order valence-electron chi connectivity index (χ3n) is 4.96. The number of aromatic nitrogens is 4. The monoisotopic (exact) mass is 403 g/mol. The number of nitrogens with one attached hydrogen (secondary N) is 2. The number of nitrogens with zero attached hydrogens (tertiary/aromatic N) is 3. The average molecular weight is 403 g/mol. The molecule has 0 spiro atoms. The summed E-state index contributed by atoms with van der Waals surface area (Å²) in [5.41, 5.74) is 4.78. The van der Waals surface area contributed by atoms with Gasteiger partial charge < -0.3 is 5.32 Å². The summed E-state index contributed by atoms with van der Waals surface area (Å²) in [7, 11) is 0. The summed E-state index contributed by atoms with van der Waals surface area (Å²) in [4.78, 5) is 12.6. The normalized spacial score (nSPS) is 10.9. The molecular formula is C23H22FN5O. The van der Waals surface area contributed by atoms with Gasteiger partial charge in [0, 0.05) is 18.2 Å². The van der Waals surface area contributed by atoms with Crippen LogP contribution in [-0.4, -0.2) is 26.5 Å². The largest absolute Gasteiger partial charge is 0.368 e. The van der Waals surface area contributed by atoms with Crippen LogP contribution < -0.4 is 10.9 Å². The Morgan fingerprint density at radius 1 is 1.07 bits per heavy atom. The van der Waals surface area contributed by atoms with Gasteiger partial charge in [-0.05, 0) is 62.2 Å². The van der Waals surface area contributed by atoms with Crippen LogP contribution in [0.5, 0.6) is 0 Å². The molecule has 2 heterocycles. The minimum absolute atomic E-state index is 0.222. The van der Waals surface area contributed by atoms with Crippen LogP contribution in [0.25, 0.3) is 28.2 Å². The number of H-pyrrole nitrogens is 1. The highest BCUT2D eigenvalue weighted by atomic mass is 19.1. The molecule has 0 aliphatic heterocycles. The molecule has 0 saturated heterocycles. The molecule has 0 amide bonds. The van der Waals surface area contributed by atoms with E-state index in [0.717, 1.165) is 22.4 Å². The Hall–Kier alpha value is -3.74. The molecule has 152 valence electrons. The van der Waals surface area contributed by atoms with Crippen LogP contribution in [0.3, 0.4) is 0 Å². The van der Waals surface area contributed by atoms with Gasteiger partial charge in [-0.15, -0.1) is 0 Å². The van der Waals surface area contributed by atoms with E-state index in [-0.39, 0.29) is 11.4 Å². The smallest absolute Gasteiger partial charge is 0.271 e. The maximum absolute atomic E-state index is 13.8. The van der Waals surface area contributed by atoms with Crippen molar-refractivity contribution in [2.45, 2.75) is 20.8 Å². The Bertz CT molecular complexity index is 1270. The lowest BCUT2D eigenvalue weighted by Gasteiger charge is -2.11. The van der Waals surface area contributed by atoms with E-state index in [9.17, 15) is 9.18 Å². The highest BCUT2D eigenvalue weighted by Gasteiger charge is 2.19. The molecule has 2 aromatic carbocycles. The van der Waals surface area contributed by atoms with Gasteiger partial charge in [0.25, 0.3) is 5.56 Å². The van der Waals surface area contributed by atoms with Gasteiger partial charge >= 0.3 is 0 Å². The van der Waals surface area contributed by atoms with Crippen molar-refractivity contribution in [2.24, 2.45) is 0 Å². The molecule has 0 fully saturated rings. The number of aromatic amines is 1. The van der Waals surface area contributed by atoms with Crippen molar-refractivity contribution in [3.63, 3.8) is 0 Å². The minimum atomic E-state index is -0.266. The first-order valence-corrected chi connectivity index (χ1v) is 9.75. The van der Waals surface area contributed by atoms with Gasteiger partial charge in [-0.1, -0.05) is 18.2 Å².